The Balaban J connectivity index is 2.63. The molecule has 4 heteroatoms. The van der Waals surface area contributed by atoms with Gasteiger partial charge in [0.25, 0.3) is 0 Å². The average Bonchev–Trinajstić information content (AvgIpc) is 2.64. The van der Waals surface area contributed by atoms with Crippen molar-refractivity contribution >= 4 is 17.2 Å². The minimum absolute atomic E-state index is 0.268. The molecule has 0 fully saturated rings. The lowest BCUT2D eigenvalue weighted by Gasteiger charge is -2.32. The molecule has 0 aliphatic carbocycles. The lowest BCUT2D eigenvalue weighted by atomic mass is 10.1. The summed E-state index contributed by atoms with van der Waals surface area (Å²) in [5.41, 5.74) is 5.46. The minimum atomic E-state index is 0.268. The molecule has 1 aromatic rings. The minimum Gasteiger partial charge on any atom is -0.388 e. The Morgan fingerprint density at radius 1 is 1.50 bits per heavy atom. The third-order valence-corrected chi connectivity index (χ3v) is 3.52. The second-order valence-electron chi connectivity index (χ2n) is 4.42. The lowest BCUT2D eigenvalue weighted by Crippen LogP contribution is -2.40. The number of rotatable bonds is 6. The van der Waals surface area contributed by atoms with Gasteiger partial charge < -0.3 is 5.73 Å². The second-order valence-corrected chi connectivity index (χ2v) is 5.46. The Bertz CT molecular complexity index is 319. The third-order valence-electron chi connectivity index (χ3n) is 2.66. The maximum absolute atomic E-state index is 7.36. The highest BCUT2D eigenvalue weighted by molar-refractivity contribution is 7.09. The number of nitrogens with one attached hydrogen (secondary N) is 1. The predicted molar refractivity (Wildman–Crippen MR) is 71.0 cm³/mol. The Kier molecular flexibility index (Phi) is 4.96. The maximum Gasteiger partial charge on any atom is 0.0920 e. The van der Waals surface area contributed by atoms with Crippen LogP contribution >= 0.6 is 11.3 Å². The van der Waals surface area contributed by atoms with Crippen molar-refractivity contribution in [3.05, 3.63) is 22.4 Å². The molecule has 1 rings (SSSR count). The van der Waals surface area contributed by atoms with Crippen LogP contribution in [-0.2, 0) is 6.54 Å². The van der Waals surface area contributed by atoms with E-state index in [0.29, 0.717) is 18.5 Å². The number of nitrogens with zero attached hydrogens (tertiary/aromatic N) is 1. The summed E-state index contributed by atoms with van der Waals surface area (Å²) in [6, 6.07) is 5.02. The normalized spacial score (nSPS) is 13.3. The molecule has 1 unspecified atom stereocenters. The summed E-state index contributed by atoms with van der Waals surface area (Å²) in [5, 5.41) is 9.46. The van der Waals surface area contributed by atoms with Crippen LogP contribution in [-0.4, -0.2) is 22.8 Å². The number of hydrogen-bond donors (Lipinski definition) is 2. The smallest absolute Gasteiger partial charge is 0.0920 e. The van der Waals surface area contributed by atoms with E-state index in [-0.39, 0.29) is 5.84 Å². The third kappa shape index (κ3) is 3.94. The number of nitrogens with two attached hydrogens (primary N) is 1. The standard InChI is InChI=1S/C12H21N3S/c1-9(2)15(10(3)7-12(13)14)8-11-5-4-6-16-11/h4-6,9-10H,7-8H2,1-3H3,(H3,13,14). The van der Waals surface area contributed by atoms with Gasteiger partial charge in [0.15, 0.2) is 0 Å². The van der Waals surface area contributed by atoms with Gasteiger partial charge in [-0.2, -0.15) is 0 Å². The van der Waals surface area contributed by atoms with E-state index in [1.165, 1.54) is 4.88 Å². The SMILES string of the molecule is CC(C)N(Cc1cccs1)C(C)CC(=N)N. The zero-order valence-corrected chi connectivity index (χ0v) is 11.1. The molecule has 90 valence electrons. The van der Waals surface area contributed by atoms with Gasteiger partial charge in [-0.1, -0.05) is 6.07 Å². The molecule has 3 nitrogen and oxygen atoms in total. The lowest BCUT2D eigenvalue weighted by molar-refractivity contribution is 0.160. The number of amidine groups is 1. The fourth-order valence-corrected chi connectivity index (χ4v) is 2.58. The first-order valence-corrected chi connectivity index (χ1v) is 6.49. The van der Waals surface area contributed by atoms with Crippen molar-refractivity contribution in [3.63, 3.8) is 0 Å². The van der Waals surface area contributed by atoms with Gasteiger partial charge in [-0.15, -0.1) is 11.3 Å². The zero-order chi connectivity index (χ0) is 12.1. The molecule has 0 spiro atoms. The molecule has 1 atom stereocenters. The fourth-order valence-electron chi connectivity index (χ4n) is 1.87. The van der Waals surface area contributed by atoms with E-state index in [4.69, 9.17) is 11.1 Å². The summed E-state index contributed by atoms with van der Waals surface area (Å²) < 4.78 is 0. The van der Waals surface area contributed by atoms with Gasteiger partial charge in [0, 0.05) is 29.9 Å². The Morgan fingerprint density at radius 3 is 2.62 bits per heavy atom. The van der Waals surface area contributed by atoms with E-state index < -0.39 is 0 Å². The Morgan fingerprint density at radius 2 is 2.19 bits per heavy atom. The summed E-state index contributed by atoms with van der Waals surface area (Å²) in [6.45, 7) is 7.45. The predicted octanol–water partition coefficient (Wildman–Crippen LogP) is 2.67. The average molecular weight is 239 g/mol. The molecule has 0 saturated heterocycles. The van der Waals surface area contributed by atoms with Crippen LogP contribution in [0.1, 0.15) is 32.1 Å². The second kappa shape index (κ2) is 6.01. The van der Waals surface area contributed by atoms with E-state index in [1.807, 2.05) is 0 Å². The van der Waals surface area contributed by atoms with Crippen LogP contribution < -0.4 is 5.73 Å². The van der Waals surface area contributed by atoms with E-state index in [9.17, 15) is 0 Å². The van der Waals surface area contributed by atoms with Crippen molar-refractivity contribution in [1.82, 2.24) is 4.90 Å². The van der Waals surface area contributed by atoms with Gasteiger partial charge in [-0.25, -0.2) is 0 Å². The highest BCUT2D eigenvalue weighted by Gasteiger charge is 2.18. The van der Waals surface area contributed by atoms with Crippen LogP contribution in [0.3, 0.4) is 0 Å². The monoisotopic (exact) mass is 239 g/mol. The molecule has 0 amide bonds. The molecule has 0 aromatic carbocycles. The molecule has 0 radical (unpaired) electrons. The van der Waals surface area contributed by atoms with Gasteiger partial charge >= 0.3 is 0 Å². The highest BCUT2D eigenvalue weighted by Crippen LogP contribution is 2.17. The number of thiophene rings is 1. The summed E-state index contributed by atoms with van der Waals surface area (Å²) in [7, 11) is 0. The van der Waals surface area contributed by atoms with Crippen molar-refractivity contribution in [1.29, 1.82) is 5.41 Å². The van der Waals surface area contributed by atoms with Crippen LogP contribution in [0.25, 0.3) is 0 Å². The largest absolute Gasteiger partial charge is 0.388 e. The summed E-state index contributed by atoms with van der Waals surface area (Å²) in [4.78, 5) is 3.75. The molecular weight excluding hydrogens is 218 g/mol. The molecule has 0 aliphatic rings. The maximum atomic E-state index is 7.36. The van der Waals surface area contributed by atoms with Crippen molar-refractivity contribution in [2.45, 2.75) is 45.8 Å². The molecular formula is C12H21N3S. The fraction of sp³-hybridized carbons (Fsp3) is 0.583. The molecule has 16 heavy (non-hydrogen) atoms. The van der Waals surface area contributed by atoms with Crippen molar-refractivity contribution in [2.24, 2.45) is 5.73 Å². The van der Waals surface area contributed by atoms with E-state index in [1.54, 1.807) is 11.3 Å². The van der Waals surface area contributed by atoms with Crippen molar-refractivity contribution in [3.8, 4) is 0 Å². The topological polar surface area (TPSA) is 53.1 Å². The van der Waals surface area contributed by atoms with Crippen LogP contribution in [0.4, 0.5) is 0 Å². The molecule has 1 aromatic heterocycles. The summed E-state index contributed by atoms with van der Waals surface area (Å²) >= 11 is 1.78. The Labute approximate surface area is 102 Å². The van der Waals surface area contributed by atoms with Crippen LogP contribution in [0.15, 0.2) is 17.5 Å². The van der Waals surface area contributed by atoms with Gasteiger partial charge in [-0.05, 0) is 32.2 Å². The van der Waals surface area contributed by atoms with Gasteiger partial charge in [0.1, 0.15) is 0 Å². The quantitative estimate of drug-likeness (QED) is 0.592. The number of hydrogen-bond acceptors (Lipinski definition) is 3. The first-order chi connectivity index (χ1) is 7.50. The summed E-state index contributed by atoms with van der Waals surface area (Å²) in [5.74, 6) is 0.268. The van der Waals surface area contributed by atoms with E-state index >= 15 is 0 Å². The van der Waals surface area contributed by atoms with Gasteiger partial charge in [-0.3, -0.25) is 10.3 Å². The zero-order valence-electron chi connectivity index (χ0n) is 10.2. The van der Waals surface area contributed by atoms with E-state index in [0.717, 1.165) is 6.54 Å². The first kappa shape index (κ1) is 13.2. The van der Waals surface area contributed by atoms with Crippen LogP contribution in [0.5, 0.6) is 0 Å². The van der Waals surface area contributed by atoms with Crippen LogP contribution in [0.2, 0.25) is 0 Å². The van der Waals surface area contributed by atoms with Crippen molar-refractivity contribution < 1.29 is 0 Å². The molecule has 1 heterocycles. The molecule has 3 N–H and O–H groups in total. The van der Waals surface area contributed by atoms with Gasteiger partial charge in [0.2, 0.25) is 0 Å². The highest BCUT2D eigenvalue weighted by atomic mass is 32.1. The molecule has 0 saturated carbocycles. The van der Waals surface area contributed by atoms with Gasteiger partial charge in [0.05, 0.1) is 5.84 Å². The van der Waals surface area contributed by atoms with Crippen LogP contribution in [0, 0.1) is 5.41 Å². The van der Waals surface area contributed by atoms with Crippen molar-refractivity contribution in [2.75, 3.05) is 0 Å². The molecule has 0 bridgehead atoms. The van der Waals surface area contributed by atoms with E-state index in [2.05, 4.69) is 43.2 Å². The summed E-state index contributed by atoms with van der Waals surface area (Å²) in [6.07, 6.45) is 0.642. The Hall–Kier alpha value is -0.870. The first-order valence-electron chi connectivity index (χ1n) is 5.61. The molecule has 0 aliphatic heterocycles.